The van der Waals surface area contributed by atoms with Crippen LogP contribution >= 0.6 is 15.9 Å². The standard InChI is InChI=1S/C10H13BrO3/c1-9(2)6-3-4-10(9,5-11)8(13)14-7(6)12/h6H,3-5H2,1-2H3/t6-,10-/m1/s1. The lowest BCUT2D eigenvalue weighted by atomic mass is 9.64. The molecule has 1 aliphatic heterocycles. The van der Waals surface area contributed by atoms with Crippen LogP contribution in [0.4, 0.5) is 0 Å². The van der Waals surface area contributed by atoms with Gasteiger partial charge < -0.3 is 4.74 Å². The molecule has 2 fully saturated rings. The van der Waals surface area contributed by atoms with Gasteiger partial charge in [0, 0.05) is 5.33 Å². The first-order chi connectivity index (χ1) is 6.45. The maximum atomic E-state index is 11.8. The second kappa shape index (κ2) is 2.81. The van der Waals surface area contributed by atoms with Gasteiger partial charge >= 0.3 is 11.9 Å². The molecule has 1 heterocycles. The van der Waals surface area contributed by atoms with Crippen LogP contribution in [0.25, 0.3) is 0 Å². The molecule has 0 aromatic rings. The lowest BCUT2D eigenvalue weighted by molar-refractivity contribution is -0.184. The largest absolute Gasteiger partial charge is 0.392 e. The first-order valence-corrected chi connectivity index (χ1v) is 5.90. The smallest absolute Gasteiger partial charge is 0.321 e. The first kappa shape index (κ1) is 10.1. The topological polar surface area (TPSA) is 43.4 Å². The van der Waals surface area contributed by atoms with E-state index < -0.39 is 5.41 Å². The van der Waals surface area contributed by atoms with E-state index in [0.717, 1.165) is 12.8 Å². The van der Waals surface area contributed by atoms with E-state index in [-0.39, 0.29) is 23.3 Å². The van der Waals surface area contributed by atoms with Crippen LogP contribution in [0.2, 0.25) is 0 Å². The zero-order chi connectivity index (χ0) is 10.6. The van der Waals surface area contributed by atoms with Crippen molar-refractivity contribution in [2.75, 3.05) is 5.33 Å². The van der Waals surface area contributed by atoms with E-state index in [1.165, 1.54) is 0 Å². The number of alkyl halides is 1. The van der Waals surface area contributed by atoms with Gasteiger partial charge in [0.15, 0.2) is 0 Å². The Labute approximate surface area is 91.3 Å². The van der Waals surface area contributed by atoms with Crippen LogP contribution in [0.1, 0.15) is 26.7 Å². The number of hydrogen-bond acceptors (Lipinski definition) is 3. The second-order valence-electron chi connectivity index (χ2n) is 4.74. The molecule has 3 nitrogen and oxygen atoms in total. The zero-order valence-corrected chi connectivity index (χ0v) is 9.89. The number of hydrogen-bond donors (Lipinski definition) is 0. The van der Waals surface area contributed by atoms with Crippen molar-refractivity contribution in [2.45, 2.75) is 26.7 Å². The van der Waals surface area contributed by atoms with Crippen molar-refractivity contribution in [3.05, 3.63) is 0 Å². The molecule has 0 amide bonds. The van der Waals surface area contributed by atoms with Gasteiger partial charge in [-0.25, -0.2) is 0 Å². The summed E-state index contributed by atoms with van der Waals surface area (Å²) < 4.78 is 4.80. The lowest BCUT2D eigenvalue weighted by Gasteiger charge is -2.43. The molecule has 1 saturated carbocycles. The second-order valence-corrected chi connectivity index (χ2v) is 5.30. The molecule has 0 spiro atoms. The summed E-state index contributed by atoms with van der Waals surface area (Å²) in [5.74, 6) is -0.801. The van der Waals surface area contributed by atoms with Gasteiger partial charge in [-0.15, -0.1) is 0 Å². The number of carbonyl (C=O) groups is 2. The molecule has 1 aliphatic carbocycles. The summed E-state index contributed by atoms with van der Waals surface area (Å²) in [4.78, 5) is 23.2. The molecule has 2 aliphatic rings. The number of ether oxygens (including phenoxy) is 1. The Hall–Kier alpha value is -0.380. The highest BCUT2D eigenvalue weighted by Crippen LogP contribution is 2.60. The van der Waals surface area contributed by atoms with Crippen molar-refractivity contribution in [3.63, 3.8) is 0 Å². The van der Waals surface area contributed by atoms with E-state index in [1.54, 1.807) is 0 Å². The first-order valence-electron chi connectivity index (χ1n) is 4.78. The quantitative estimate of drug-likeness (QED) is 0.411. The normalized spacial score (nSPS) is 39.8. The average molecular weight is 261 g/mol. The summed E-state index contributed by atoms with van der Waals surface area (Å²) >= 11 is 3.38. The lowest BCUT2D eigenvalue weighted by Crippen LogP contribution is -2.52. The van der Waals surface area contributed by atoms with E-state index in [2.05, 4.69) is 15.9 Å². The Kier molecular flexibility index (Phi) is 2.04. The molecule has 0 aromatic heterocycles. The van der Waals surface area contributed by atoms with E-state index >= 15 is 0 Å². The molecular formula is C10H13BrO3. The predicted octanol–water partition coefficient (Wildman–Crippen LogP) is 1.89. The van der Waals surface area contributed by atoms with Crippen molar-refractivity contribution in [2.24, 2.45) is 16.7 Å². The van der Waals surface area contributed by atoms with Crippen LogP contribution < -0.4 is 0 Å². The Morgan fingerprint density at radius 2 is 2.14 bits per heavy atom. The van der Waals surface area contributed by atoms with E-state index in [0.29, 0.717) is 5.33 Å². The third-order valence-electron chi connectivity index (χ3n) is 4.06. The van der Waals surface area contributed by atoms with E-state index in [1.807, 2.05) is 13.8 Å². The number of rotatable bonds is 1. The minimum Gasteiger partial charge on any atom is -0.392 e. The fourth-order valence-corrected chi connectivity index (χ4v) is 3.97. The van der Waals surface area contributed by atoms with Gasteiger partial charge in [-0.1, -0.05) is 29.8 Å². The molecule has 0 unspecified atom stereocenters. The third-order valence-corrected chi connectivity index (χ3v) is 5.02. The maximum Gasteiger partial charge on any atom is 0.321 e. The number of halogens is 1. The van der Waals surface area contributed by atoms with Crippen LogP contribution in [0.3, 0.4) is 0 Å². The molecular weight excluding hydrogens is 248 g/mol. The summed E-state index contributed by atoms with van der Waals surface area (Å²) in [5.41, 5.74) is -0.769. The molecule has 0 N–H and O–H groups in total. The highest BCUT2D eigenvalue weighted by atomic mass is 79.9. The third kappa shape index (κ3) is 0.926. The summed E-state index contributed by atoms with van der Waals surface area (Å²) in [6, 6.07) is 0. The van der Waals surface area contributed by atoms with Gasteiger partial charge in [0.05, 0.1) is 11.3 Å². The zero-order valence-electron chi connectivity index (χ0n) is 8.30. The van der Waals surface area contributed by atoms with E-state index in [4.69, 9.17) is 4.74 Å². The molecule has 78 valence electrons. The van der Waals surface area contributed by atoms with Crippen LogP contribution in [0.15, 0.2) is 0 Å². The predicted molar refractivity (Wildman–Crippen MR) is 53.8 cm³/mol. The summed E-state index contributed by atoms with van der Waals surface area (Å²) in [5, 5.41) is 0.579. The molecule has 2 rings (SSSR count). The monoisotopic (exact) mass is 260 g/mol. The molecule has 4 heteroatoms. The molecule has 0 aromatic carbocycles. The fraction of sp³-hybridized carbons (Fsp3) is 0.800. The molecule has 1 saturated heterocycles. The van der Waals surface area contributed by atoms with Gasteiger partial charge in [0.1, 0.15) is 0 Å². The van der Waals surface area contributed by atoms with Crippen LogP contribution in [-0.2, 0) is 14.3 Å². The van der Waals surface area contributed by atoms with Crippen LogP contribution in [0, 0.1) is 16.7 Å². The SMILES string of the molecule is CC1(C)[C@@H]2CC[C@@]1(CBr)C(=O)OC2=O. The minimum absolute atomic E-state index is 0.113. The van der Waals surface area contributed by atoms with Crippen molar-refractivity contribution in [1.82, 2.24) is 0 Å². The summed E-state index contributed by atoms with van der Waals surface area (Å²) in [6.07, 6.45) is 1.52. The van der Waals surface area contributed by atoms with Crippen molar-refractivity contribution in [1.29, 1.82) is 0 Å². The summed E-state index contributed by atoms with van der Waals surface area (Å²) in [6.45, 7) is 3.98. The Morgan fingerprint density at radius 1 is 1.50 bits per heavy atom. The molecule has 2 atom stereocenters. The highest BCUT2D eigenvalue weighted by Gasteiger charge is 2.65. The maximum absolute atomic E-state index is 11.8. The van der Waals surface area contributed by atoms with Gasteiger partial charge in [0.25, 0.3) is 0 Å². The Balaban J connectivity index is 2.51. The fourth-order valence-electron chi connectivity index (χ4n) is 2.74. The van der Waals surface area contributed by atoms with Gasteiger partial charge in [-0.05, 0) is 18.3 Å². The number of fused-ring (bicyclic) bond motifs is 2. The van der Waals surface area contributed by atoms with Crippen molar-refractivity contribution in [3.8, 4) is 0 Å². The molecule has 14 heavy (non-hydrogen) atoms. The molecule has 2 bridgehead atoms. The Morgan fingerprint density at radius 3 is 2.71 bits per heavy atom. The molecule has 0 radical (unpaired) electrons. The average Bonchev–Trinajstić information content (AvgIpc) is 2.27. The summed E-state index contributed by atoms with van der Waals surface area (Å²) in [7, 11) is 0. The highest BCUT2D eigenvalue weighted by molar-refractivity contribution is 9.09. The van der Waals surface area contributed by atoms with Gasteiger partial charge in [-0.3, -0.25) is 9.59 Å². The van der Waals surface area contributed by atoms with Crippen molar-refractivity contribution < 1.29 is 14.3 Å². The van der Waals surface area contributed by atoms with E-state index in [9.17, 15) is 9.59 Å². The van der Waals surface area contributed by atoms with Gasteiger partial charge in [-0.2, -0.15) is 0 Å². The number of carbonyl (C=O) groups excluding carboxylic acids is 2. The van der Waals surface area contributed by atoms with Crippen molar-refractivity contribution >= 4 is 27.9 Å². The number of cyclic esters (lactones) is 2. The minimum atomic E-state index is -0.494. The number of esters is 2. The van der Waals surface area contributed by atoms with Crippen LogP contribution in [-0.4, -0.2) is 17.3 Å². The van der Waals surface area contributed by atoms with Gasteiger partial charge in [0.2, 0.25) is 0 Å². The van der Waals surface area contributed by atoms with Crippen LogP contribution in [0.5, 0.6) is 0 Å². The Bertz CT molecular complexity index is 310.